The number of benzene rings is 2. The van der Waals surface area contributed by atoms with Gasteiger partial charge >= 0.3 is 0 Å². The molecule has 29 heavy (non-hydrogen) atoms. The lowest BCUT2D eigenvalue weighted by atomic mass is 9.98. The maximum atomic E-state index is 12.6. The molecule has 142 valence electrons. The fourth-order valence-electron chi connectivity index (χ4n) is 3.83. The third-order valence-corrected chi connectivity index (χ3v) is 5.28. The van der Waals surface area contributed by atoms with Gasteiger partial charge in [0.15, 0.2) is 0 Å². The second-order valence-electron chi connectivity index (χ2n) is 7.32. The molecule has 2 aromatic heterocycles. The number of aromatic amines is 2. The lowest BCUT2D eigenvalue weighted by molar-refractivity contribution is -0.110. The molecule has 0 fully saturated rings. The van der Waals surface area contributed by atoms with Crippen molar-refractivity contribution in [2.75, 3.05) is 5.32 Å². The highest BCUT2D eigenvalue weighted by Crippen LogP contribution is 2.36. The van der Waals surface area contributed by atoms with Crippen LogP contribution in [0.1, 0.15) is 22.5 Å². The van der Waals surface area contributed by atoms with Crippen LogP contribution in [0.4, 0.5) is 5.69 Å². The van der Waals surface area contributed by atoms with Gasteiger partial charge in [0.2, 0.25) is 0 Å². The van der Waals surface area contributed by atoms with E-state index in [-0.39, 0.29) is 11.5 Å². The number of nitrogens with zero attached hydrogens (tertiary/aromatic N) is 1. The van der Waals surface area contributed by atoms with Crippen LogP contribution in [0.5, 0.6) is 0 Å². The third-order valence-electron chi connectivity index (χ3n) is 5.28. The zero-order valence-electron chi connectivity index (χ0n) is 16.0. The van der Waals surface area contributed by atoms with Crippen molar-refractivity contribution in [2.45, 2.75) is 13.8 Å². The number of carbonyl (C=O) groups excluding carboxylic acids is 1. The van der Waals surface area contributed by atoms with Gasteiger partial charge in [0, 0.05) is 28.0 Å². The van der Waals surface area contributed by atoms with Crippen molar-refractivity contribution in [2.24, 2.45) is 0 Å². The number of aryl methyl sites for hydroxylation is 2. The largest absolute Gasteiger partial charge is 0.359 e. The van der Waals surface area contributed by atoms with Crippen molar-refractivity contribution in [3.8, 4) is 11.1 Å². The Kier molecular flexibility index (Phi) is 3.74. The summed E-state index contributed by atoms with van der Waals surface area (Å²) in [6, 6.07) is 13.6. The molecule has 0 saturated heterocycles. The number of H-pyrrole nitrogens is 2. The van der Waals surface area contributed by atoms with Crippen LogP contribution in [0.3, 0.4) is 0 Å². The van der Waals surface area contributed by atoms with Gasteiger partial charge in [-0.2, -0.15) is 5.10 Å². The quantitative estimate of drug-likeness (QED) is 0.457. The fourth-order valence-corrected chi connectivity index (χ4v) is 3.83. The highest BCUT2D eigenvalue weighted by atomic mass is 16.2. The Morgan fingerprint density at radius 2 is 1.76 bits per heavy atom. The zero-order chi connectivity index (χ0) is 20.1. The molecule has 0 spiro atoms. The van der Waals surface area contributed by atoms with Gasteiger partial charge in [0.1, 0.15) is 0 Å². The number of hydrogen-bond donors (Lipinski definition) is 3. The van der Waals surface area contributed by atoms with E-state index in [0.717, 1.165) is 44.7 Å². The topological polar surface area (TPSA) is 90.6 Å². The Morgan fingerprint density at radius 1 is 0.966 bits per heavy atom. The number of hydrogen-bond acceptors (Lipinski definition) is 3. The van der Waals surface area contributed by atoms with Gasteiger partial charge in [0.05, 0.1) is 17.2 Å². The Hall–Kier alpha value is -3.93. The average Bonchev–Trinajstić information content (AvgIpc) is 3.19. The highest BCUT2D eigenvalue weighted by molar-refractivity contribution is 6.35. The molecule has 3 N–H and O–H groups in total. The Bertz CT molecular complexity index is 1390. The zero-order valence-corrected chi connectivity index (χ0v) is 16.0. The Balaban J connectivity index is 1.58. The van der Waals surface area contributed by atoms with E-state index in [9.17, 15) is 9.59 Å². The number of amides is 1. The molecule has 4 aromatic rings. The van der Waals surface area contributed by atoms with Crippen molar-refractivity contribution in [1.29, 1.82) is 0 Å². The van der Waals surface area contributed by atoms with Crippen LogP contribution in [0, 0.1) is 13.8 Å². The maximum absolute atomic E-state index is 12.6. The first kappa shape index (κ1) is 17.2. The molecular formula is C23H18N4O2. The SMILES string of the molecule is Cc1cc(C)c(/C=C2\C(=O)Nc3cc(-c4ccc5cn[nH]c(=O)c5c4)ccc32)[nH]1. The minimum atomic E-state index is -0.222. The summed E-state index contributed by atoms with van der Waals surface area (Å²) >= 11 is 0. The second-order valence-corrected chi connectivity index (χ2v) is 7.32. The molecule has 2 aromatic carbocycles. The second kappa shape index (κ2) is 6.31. The van der Waals surface area contributed by atoms with Crippen molar-refractivity contribution in [3.05, 3.63) is 81.5 Å². The normalized spacial score (nSPS) is 14.4. The summed E-state index contributed by atoms with van der Waals surface area (Å²) in [6.07, 6.45) is 3.52. The van der Waals surface area contributed by atoms with E-state index in [1.165, 1.54) is 0 Å². The number of fused-ring (bicyclic) bond motifs is 2. The third kappa shape index (κ3) is 2.86. The van der Waals surface area contributed by atoms with Crippen LogP contribution >= 0.6 is 0 Å². The number of carbonyl (C=O) groups is 1. The monoisotopic (exact) mass is 382 g/mol. The lowest BCUT2D eigenvalue weighted by Crippen LogP contribution is -2.07. The molecule has 0 saturated carbocycles. The molecule has 0 aliphatic carbocycles. The summed E-state index contributed by atoms with van der Waals surface area (Å²) < 4.78 is 0. The Labute approximate surface area is 166 Å². The Morgan fingerprint density at radius 3 is 2.55 bits per heavy atom. The first-order valence-corrected chi connectivity index (χ1v) is 9.31. The van der Waals surface area contributed by atoms with Crippen molar-refractivity contribution < 1.29 is 4.79 Å². The van der Waals surface area contributed by atoms with E-state index in [4.69, 9.17) is 0 Å². The molecule has 0 bridgehead atoms. The predicted molar refractivity (Wildman–Crippen MR) is 115 cm³/mol. The molecule has 1 aliphatic rings. The van der Waals surface area contributed by atoms with Crippen LogP contribution < -0.4 is 10.9 Å². The molecule has 6 nitrogen and oxygen atoms in total. The van der Waals surface area contributed by atoms with Crippen LogP contribution in [-0.4, -0.2) is 21.1 Å². The van der Waals surface area contributed by atoms with Crippen LogP contribution in [-0.2, 0) is 4.79 Å². The minimum Gasteiger partial charge on any atom is -0.359 e. The number of anilines is 1. The van der Waals surface area contributed by atoms with Gasteiger partial charge in [0.25, 0.3) is 11.5 Å². The first-order chi connectivity index (χ1) is 14.0. The van der Waals surface area contributed by atoms with Gasteiger partial charge in [-0.25, -0.2) is 5.10 Å². The number of nitrogens with one attached hydrogen (secondary N) is 3. The summed E-state index contributed by atoms with van der Waals surface area (Å²) in [5.41, 5.74) is 6.98. The molecular weight excluding hydrogens is 364 g/mol. The van der Waals surface area contributed by atoms with Crippen LogP contribution in [0.2, 0.25) is 0 Å². The van der Waals surface area contributed by atoms with Crippen molar-refractivity contribution in [1.82, 2.24) is 15.2 Å². The van der Waals surface area contributed by atoms with E-state index in [1.807, 2.05) is 56.3 Å². The average molecular weight is 382 g/mol. The molecule has 6 heteroatoms. The predicted octanol–water partition coefficient (Wildman–Crippen LogP) is 4.03. The molecule has 3 heterocycles. The molecule has 1 amide bonds. The molecule has 1 aliphatic heterocycles. The summed E-state index contributed by atoms with van der Waals surface area (Å²) in [4.78, 5) is 27.9. The summed E-state index contributed by atoms with van der Waals surface area (Å²) in [5, 5.41) is 10.6. The van der Waals surface area contributed by atoms with E-state index in [1.54, 1.807) is 6.20 Å². The van der Waals surface area contributed by atoms with Crippen LogP contribution in [0.15, 0.2) is 53.5 Å². The van der Waals surface area contributed by atoms with Gasteiger partial charge < -0.3 is 10.3 Å². The van der Waals surface area contributed by atoms with Gasteiger partial charge in [-0.05, 0) is 54.8 Å². The number of aromatic nitrogens is 3. The van der Waals surface area contributed by atoms with E-state index < -0.39 is 0 Å². The van der Waals surface area contributed by atoms with Crippen LogP contribution in [0.25, 0.3) is 33.5 Å². The molecule has 0 atom stereocenters. The molecule has 0 radical (unpaired) electrons. The summed E-state index contributed by atoms with van der Waals surface area (Å²) in [6.45, 7) is 4.01. The van der Waals surface area contributed by atoms with Gasteiger partial charge in [-0.15, -0.1) is 0 Å². The summed E-state index contributed by atoms with van der Waals surface area (Å²) in [7, 11) is 0. The van der Waals surface area contributed by atoms with Crippen molar-refractivity contribution in [3.63, 3.8) is 0 Å². The van der Waals surface area contributed by atoms with Crippen molar-refractivity contribution >= 4 is 34.0 Å². The number of rotatable bonds is 2. The molecule has 5 rings (SSSR count). The van der Waals surface area contributed by atoms with Gasteiger partial charge in [-0.1, -0.05) is 24.3 Å². The first-order valence-electron chi connectivity index (χ1n) is 9.31. The maximum Gasteiger partial charge on any atom is 0.272 e. The lowest BCUT2D eigenvalue weighted by Gasteiger charge is -2.06. The minimum absolute atomic E-state index is 0.121. The molecule has 0 unspecified atom stereocenters. The van der Waals surface area contributed by atoms with E-state index in [0.29, 0.717) is 11.0 Å². The van der Waals surface area contributed by atoms with E-state index in [2.05, 4.69) is 26.6 Å². The van der Waals surface area contributed by atoms with Gasteiger partial charge in [-0.3, -0.25) is 9.59 Å². The fraction of sp³-hybridized carbons (Fsp3) is 0.0870. The van der Waals surface area contributed by atoms with E-state index >= 15 is 0 Å². The standard InChI is InChI=1S/C23H18N4O2/c1-12-7-13(2)25-20(12)10-19-17-6-5-15(9-21(17)26-22(19)28)14-3-4-16-11-24-27-23(29)18(16)8-14/h3-11,25H,1-2H3,(H,26,28)(H,27,29)/b19-10-. The smallest absolute Gasteiger partial charge is 0.272 e. The summed E-state index contributed by atoms with van der Waals surface area (Å²) in [5.74, 6) is -0.121. The highest BCUT2D eigenvalue weighted by Gasteiger charge is 2.25.